The van der Waals surface area contributed by atoms with Crippen LogP contribution in [0.3, 0.4) is 0 Å². The Morgan fingerprint density at radius 1 is 1.19 bits per heavy atom. The van der Waals surface area contributed by atoms with Gasteiger partial charge in [0, 0.05) is 24.6 Å². The molecule has 1 aliphatic heterocycles. The number of benzene rings is 1. The molecule has 1 spiro atoms. The normalized spacial score (nSPS) is 21.4. The third kappa shape index (κ3) is 3.19. The number of carbonyl (C=O) groups is 1. The molecule has 0 aromatic heterocycles. The highest BCUT2D eigenvalue weighted by molar-refractivity contribution is 5.89. The summed E-state index contributed by atoms with van der Waals surface area (Å²) < 4.78 is 16.2. The first-order chi connectivity index (χ1) is 10.2. The van der Waals surface area contributed by atoms with E-state index in [1.807, 2.05) is 12.1 Å². The maximum absolute atomic E-state index is 11.4. The average molecular weight is 291 g/mol. The van der Waals surface area contributed by atoms with Gasteiger partial charge in [-0.15, -0.1) is 0 Å². The molecule has 5 heteroatoms. The van der Waals surface area contributed by atoms with Gasteiger partial charge >= 0.3 is 5.97 Å². The Balaban J connectivity index is 1.54. The molecule has 3 rings (SSSR count). The number of rotatable bonds is 3. The van der Waals surface area contributed by atoms with E-state index in [4.69, 9.17) is 14.2 Å². The molecule has 2 aliphatic rings. The Hall–Kier alpha value is -1.59. The zero-order chi connectivity index (χ0) is 14.7. The molecule has 5 nitrogen and oxygen atoms in total. The van der Waals surface area contributed by atoms with Gasteiger partial charge in [0.15, 0.2) is 5.79 Å². The minimum absolute atomic E-state index is 0.309. The molecule has 0 amide bonds. The highest BCUT2D eigenvalue weighted by Gasteiger charge is 2.40. The molecule has 1 heterocycles. The van der Waals surface area contributed by atoms with Gasteiger partial charge in [0.2, 0.25) is 0 Å². The maximum Gasteiger partial charge on any atom is 0.337 e. The van der Waals surface area contributed by atoms with E-state index >= 15 is 0 Å². The van der Waals surface area contributed by atoms with E-state index in [0.717, 1.165) is 31.4 Å². The standard InChI is InChI=1S/C16H21NO4/c1-19-15(18)12-2-4-13(5-3-12)17-14-6-8-16(9-7-14)20-10-11-21-16/h2-5,14,17H,6-11H2,1H3. The highest BCUT2D eigenvalue weighted by atomic mass is 16.7. The van der Waals surface area contributed by atoms with E-state index in [0.29, 0.717) is 24.8 Å². The van der Waals surface area contributed by atoms with Gasteiger partial charge in [-0.25, -0.2) is 4.79 Å². The first-order valence-corrected chi connectivity index (χ1v) is 7.44. The number of ether oxygens (including phenoxy) is 3. The second-order valence-electron chi connectivity index (χ2n) is 5.60. The predicted octanol–water partition coefficient (Wildman–Crippen LogP) is 2.57. The molecule has 0 atom stereocenters. The van der Waals surface area contributed by atoms with Crippen molar-refractivity contribution in [3.8, 4) is 0 Å². The Morgan fingerprint density at radius 3 is 2.38 bits per heavy atom. The first kappa shape index (κ1) is 14.4. The molecular weight excluding hydrogens is 270 g/mol. The second-order valence-corrected chi connectivity index (χ2v) is 5.60. The number of hydrogen-bond donors (Lipinski definition) is 1. The van der Waals surface area contributed by atoms with Gasteiger partial charge in [0.25, 0.3) is 0 Å². The van der Waals surface area contributed by atoms with E-state index in [-0.39, 0.29) is 11.8 Å². The Kier molecular flexibility index (Phi) is 4.12. The van der Waals surface area contributed by atoms with Gasteiger partial charge in [-0.05, 0) is 37.1 Å². The number of methoxy groups -OCH3 is 1. The zero-order valence-electron chi connectivity index (χ0n) is 12.3. The van der Waals surface area contributed by atoms with Gasteiger partial charge in [-0.1, -0.05) is 0 Å². The van der Waals surface area contributed by atoms with Crippen molar-refractivity contribution in [1.29, 1.82) is 0 Å². The van der Waals surface area contributed by atoms with Crippen LogP contribution in [-0.2, 0) is 14.2 Å². The van der Waals surface area contributed by atoms with Crippen LogP contribution in [0, 0.1) is 0 Å². The molecule has 1 saturated carbocycles. The van der Waals surface area contributed by atoms with Crippen LogP contribution in [0.4, 0.5) is 5.69 Å². The largest absolute Gasteiger partial charge is 0.465 e. The van der Waals surface area contributed by atoms with Crippen molar-refractivity contribution in [3.05, 3.63) is 29.8 Å². The Morgan fingerprint density at radius 2 is 1.81 bits per heavy atom. The summed E-state index contributed by atoms with van der Waals surface area (Å²) in [4.78, 5) is 11.4. The predicted molar refractivity (Wildman–Crippen MR) is 78.3 cm³/mol. The van der Waals surface area contributed by atoms with Gasteiger partial charge in [-0.2, -0.15) is 0 Å². The van der Waals surface area contributed by atoms with Crippen LogP contribution >= 0.6 is 0 Å². The highest BCUT2D eigenvalue weighted by Crippen LogP contribution is 2.36. The average Bonchev–Trinajstić information content (AvgIpc) is 2.98. The minimum Gasteiger partial charge on any atom is -0.465 e. The van der Waals surface area contributed by atoms with E-state index in [2.05, 4.69) is 5.32 Å². The summed E-state index contributed by atoms with van der Waals surface area (Å²) in [5.41, 5.74) is 1.59. The lowest BCUT2D eigenvalue weighted by molar-refractivity contribution is -0.177. The van der Waals surface area contributed by atoms with Gasteiger partial charge in [-0.3, -0.25) is 0 Å². The van der Waals surface area contributed by atoms with E-state index < -0.39 is 0 Å². The molecule has 114 valence electrons. The summed E-state index contributed by atoms with van der Waals surface area (Å²) in [5.74, 6) is -0.621. The molecule has 1 aromatic rings. The smallest absolute Gasteiger partial charge is 0.337 e. The lowest BCUT2D eigenvalue weighted by Crippen LogP contribution is -2.39. The van der Waals surface area contributed by atoms with E-state index in [1.54, 1.807) is 12.1 Å². The summed E-state index contributed by atoms with van der Waals surface area (Å²) >= 11 is 0. The van der Waals surface area contributed by atoms with Crippen LogP contribution in [0.5, 0.6) is 0 Å². The fourth-order valence-corrected chi connectivity index (χ4v) is 3.04. The maximum atomic E-state index is 11.4. The van der Waals surface area contributed by atoms with Crippen molar-refractivity contribution in [2.45, 2.75) is 37.5 Å². The second kappa shape index (κ2) is 6.03. The van der Waals surface area contributed by atoms with Crippen LogP contribution in [0.1, 0.15) is 36.0 Å². The number of anilines is 1. The number of carbonyl (C=O) groups excluding carboxylic acids is 1. The number of hydrogen-bond acceptors (Lipinski definition) is 5. The molecule has 1 aromatic carbocycles. The lowest BCUT2D eigenvalue weighted by Gasteiger charge is -2.36. The third-order valence-electron chi connectivity index (χ3n) is 4.24. The van der Waals surface area contributed by atoms with E-state index in [9.17, 15) is 4.79 Å². The van der Waals surface area contributed by atoms with Gasteiger partial charge in [0.1, 0.15) is 0 Å². The third-order valence-corrected chi connectivity index (χ3v) is 4.24. The van der Waals surface area contributed by atoms with Crippen LogP contribution in [0.2, 0.25) is 0 Å². The summed E-state index contributed by atoms with van der Waals surface area (Å²) in [6.45, 7) is 1.43. The van der Waals surface area contributed by atoms with Crippen molar-refractivity contribution in [2.24, 2.45) is 0 Å². The summed E-state index contributed by atoms with van der Waals surface area (Å²) in [7, 11) is 1.39. The van der Waals surface area contributed by atoms with Crippen molar-refractivity contribution >= 4 is 11.7 Å². The van der Waals surface area contributed by atoms with Crippen LogP contribution in [0.15, 0.2) is 24.3 Å². The summed E-state index contributed by atoms with van der Waals surface area (Å²) in [6, 6.07) is 7.81. The minimum atomic E-state index is -0.313. The SMILES string of the molecule is COC(=O)c1ccc(NC2CCC3(CC2)OCCO3)cc1. The monoisotopic (exact) mass is 291 g/mol. The molecule has 1 saturated heterocycles. The molecule has 2 fully saturated rings. The fraction of sp³-hybridized carbons (Fsp3) is 0.562. The van der Waals surface area contributed by atoms with Crippen LogP contribution in [-0.4, -0.2) is 38.1 Å². The van der Waals surface area contributed by atoms with Crippen molar-refractivity contribution in [3.63, 3.8) is 0 Å². The van der Waals surface area contributed by atoms with Gasteiger partial charge < -0.3 is 19.5 Å². The van der Waals surface area contributed by atoms with Crippen molar-refractivity contribution in [1.82, 2.24) is 0 Å². The lowest BCUT2D eigenvalue weighted by atomic mass is 9.90. The fourth-order valence-electron chi connectivity index (χ4n) is 3.04. The Bertz CT molecular complexity index is 484. The Labute approximate surface area is 124 Å². The molecule has 0 bridgehead atoms. The number of esters is 1. The molecule has 0 unspecified atom stereocenters. The van der Waals surface area contributed by atoms with Gasteiger partial charge in [0.05, 0.1) is 25.9 Å². The molecule has 1 N–H and O–H groups in total. The summed E-state index contributed by atoms with van der Waals surface area (Å²) in [6.07, 6.45) is 3.92. The molecule has 1 aliphatic carbocycles. The van der Waals surface area contributed by atoms with Crippen molar-refractivity contribution < 1.29 is 19.0 Å². The molecule has 0 radical (unpaired) electrons. The molecular formula is C16H21NO4. The van der Waals surface area contributed by atoms with Crippen LogP contribution in [0.25, 0.3) is 0 Å². The van der Waals surface area contributed by atoms with Crippen LogP contribution < -0.4 is 5.32 Å². The van der Waals surface area contributed by atoms with E-state index in [1.165, 1.54) is 7.11 Å². The van der Waals surface area contributed by atoms with Crippen molar-refractivity contribution in [2.75, 3.05) is 25.6 Å². The molecule has 21 heavy (non-hydrogen) atoms. The quantitative estimate of drug-likeness (QED) is 0.867. The topological polar surface area (TPSA) is 56.8 Å². The first-order valence-electron chi connectivity index (χ1n) is 7.44. The summed E-state index contributed by atoms with van der Waals surface area (Å²) in [5, 5.41) is 3.51. The number of nitrogens with one attached hydrogen (secondary N) is 1. The zero-order valence-corrected chi connectivity index (χ0v) is 12.3.